The van der Waals surface area contributed by atoms with Gasteiger partial charge in [-0.2, -0.15) is 0 Å². The molecule has 1 aromatic carbocycles. The van der Waals surface area contributed by atoms with Gasteiger partial charge in [-0.3, -0.25) is 9.59 Å². The molecule has 0 saturated heterocycles. The van der Waals surface area contributed by atoms with Crippen molar-refractivity contribution < 1.29 is 9.59 Å². The number of hydrogen-bond acceptors (Lipinski definition) is 3. The van der Waals surface area contributed by atoms with Crippen LogP contribution in [-0.4, -0.2) is 11.8 Å². The van der Waals surface area contributed by atoms with Gasteiger partial charge in [0.15, 0.2) is 0 Å². The van der Waals surface area contributed by atoms with Crippen molar-refractivity contribution in [1.29, 1.82) is 0 Å². The van der Waals surface area contributed by atoms with E-state index in [-0.39, 0.29) is 5.91 Å². The molecule has 0 atom stereocenters. The van der Waals surface area contributed by atoms with Crippen molar-refractivity contribution in [3.05, 3.63) is 50.4 Å². The average molecular weight is 372 g/mol. The summed E-state index contributed by atoms with van der Waals surface area (Å²) in [5.41, 5.74) is 6.09. The van der Waals surface area contributed by atoms with Gasteiger partial charge in [0.1, 0.15) is 5.00 Å². The highest BCUT2D eigenvalue weighted by molar-refractivity contribution is 14.1. The first-order valence-corrected chi connectivity index (χ1v) is 6.98. The Hall–Kier alpha value is -1.41. The number of thiophene rings is 1. The Balaban J connectivity index is 2.21. The summed E-state index contributed by atoms with van der Waals surface area (Å²) in [6, 6.07) is 8.79. The highest BCUT2D eigenvalue weighted by Crippen LogP contribution is 2.23. The van der Waals surface area contributed by atoms with E-state index in [9.17, 15) is 9.59 Å². The molecule has 4 nitrogen and oxygen atoms in total. The number of carbonyl (C=O) groups excluding carboxylic acids is 2. The van der Waals surface area contributed by atoms with Gasteiger partial charge in [0, 0.05) is 9.13 Å². The minimum Gasteiger partial charge on any atom is -0.366 e. The third kappa shape index (κ3) is 2.88. The maximum absolute atomic E-state index is 12.0. The van der Waals surface area contributed by atoms with Gasteiger partial charge in [-0.1, -0.05) is 6.07 Å². The highest BCUT2D eigenvalue weighted by Gasteiger charge is 2.13. The fourth-order valence-electron chi connectivity index (χ4n) is 1.41. The van der Waals surface area contributed by atoms with Crippen LogP contribution in [0.15, 0.2) is 35.7 Å². The summed E-state index contributed by atoms with van der Waals surface area (Å²) >= 11 is 3.40. The summed E-state index contributed by atoms with van der Waals surface area (Å²) in [4.78, 5) is 23.1. The van der Waals surface area contributed by atoms with Gasteiger partial charge >= 0.3 is 0 Å². The second kappa shape index (κ2) is 5.49. The number of nitrogens with one attached hydrogen (secondary N) is 1. The van der Waals surface area contributed by atoms with Gasteiger partial charge in [0.25, 0.3) is 11.8 Å². The lowest BCUT2D eigenvalue weighted by atomic mass is 10.2. The Bertz CT molecular complexity index is 610. The first-order valence-electron chi connectivity index (χ1n) is 5.02. The zero-order chi connectivity index (χ0) is 13.1. The molecule has 2 rings (SSSR count). The van der Waals surface area contributed by atoms with Crippen LogP contribution in [0.1, 0.15) is 20.7 Å². The van der Waals surface area contributed by atoms with Gasteiger partial charge in [-0.15, -0.1) is 11.3 Å². The number of anilines is 1. The van der Waals surface area contributed by atoms with E-state index >= 15 is 0 Å². The zero-order valence-corrected chi connectivity index (χ0v) is 12.1. The minimum atomic E-state index is -0.547. The maximum atomic E-state index is 12.0. The minimum absolute atomic E-state index is 0.251. The molecule has 6 heteroatoms. The van der Waals surface area contributed by atoms with E-state index in [4.69, 9.17) is 5.73 Å². The Labute approximate surface area is 121 Å². The van der Waals surface area contributed by atoms with Crippen LogP contribution in [0.3, 0.4) is 0 Å². The van der Waals surface area contributed by atoms with E-state index in [0.717, 1.165) is 3.57 Å². The Morgan fingerprint density at radius 3 is 2.72 bits per heavy atom. The number of amides is 2. The maximum Gasteiger partial charge on any atom is 0.256 e. The number of primary amides is 1. The SMILES string of the molecule is NC(=O)c1ccsc1NC(=O)c1cccc(I)c1. The Kier molecular flexibility index (Phi) is 3.97. The highest BCUT2D eigenvalue weighted by atomic mass is 127. The number of hydrogen-bond donors (Lipinski definition) is 2. The zero-order valence-electron chi connectivity index (χ0n) is 9.14. The van der Waals surface area contributed by atoms with E-state index in [0.29, 0.717) is 16.1 Å². The summed E-state index contributed by atoms with van der Waals surface area (Å²) in [7, 11) is 0. The molecule has 1 heterocycles. The molecule has 0 spiro atoms. The largest absolute Gasteiger partial charge is 0.366 e. The molecular formula is C12H9IN2O2S. The molecule has 92 valence electrons. The first-order chi connectivity index (χ1) is 8.58. The number of nitrogens with two attached hydrogens (primary N) is 1. The summed E-state index contributed by atoms with van der Waals surface area (Å²) in [5.74, 6) is -0.798. The number of halogens is 1. The number of rotatable bonds is 3. The molecule has 0 aliphatic carbocycles. The normalized spacial score (nSPS) is 10.1. The standard InChI is InChI=1S/C12H9IN2O2S/c13-8-3-1-2-7(6-8)11(17)15-12-9(10(14)16)4-5-18-12/h1-6H,(H2,14,16)(H,15,17). The van der Waals surface area contributed by atoms with Crippen molar-refractivity contribution in [2.75, 3.05) is 5.32 Å². The van der Waals surface area contributed by atoms with Crippen LogP contribution in [0.25, 0.3) is 0 Å². The lowest BCUT2D eigenvalue weighted by Crippen LogP contribution is -2.16. The van der Waals surface area contributed by atoms with E-state index in [1.54, 1.807) is 29.6 Å². The molecule has 0 bridgehead atoms. The summed E-state index contributed by atoms with van der Waals surface area (Å²) < 4.78 is 0.974. The molecule has 2 aromatic rings. The second-order valence-corrected chi connectivity index (χ2v) is 5.65. The average Bonchev–Trinajstić information content (AvgIpc) is 2.77. The van der Waals surface area contributed by atoms with Gasteiger partial charge < -0.3 is 11.1 Å². The molecule has 1 aromatic heterocycles. The molecule has 0 fully saturated rings. The van der Waals surface area contributed by atoms with Gasteiger partial charge in [-0.05, 0) is 52.2 Å². The van der Waals surface area contributed by atoms with Crippen LogP contribution in [-0.2, 0) is 0 Å². The van der Waals surface area contributed by atoms with Crippen molar-refractivity contribution in [3.8, 4) is 0 Å². The molecule has 3 N–H and O–H groups in total. The lowest BCUT2D eigenvalue weighted by Gasteiger charge is -2.04. The van der Waals surface area contributed by atoms with Crippen LogP contribution in [0.2, 0.25) is 0 Å². The molecule has 0 unspecified atom stereocenters. The molecule has 18 heavy (non-hydrogen) atoms. The molecular weight excluding hydrogens is 363 g/mol. The van der Waals surface area contributed by atoms with Crippen LogP contribution in [0, 0.1) is 3.57 Å². The third-order valence-electron chi connectivity index (χ3n) is 2.24. The smallest absolute Gasteiger partial charge is 0.256 e. The summed E-state index contributed by atoms with van der Waals surface area (Å²) in [6.07, 6.45) is 0. The van der Waals surface area contributed by atoms with Gasteiger partial charge in [0.05, 0.1) is 5.56 Å². The van der Waals surface area contributed by atoms with Crippen molar-refractivity contribution in [3.63, 3.8) is 0 Å². The fraction of sp³-hybridized carbons (Fsp3) is 0. The van der Waals surface area contributed by atoms with Crippen LogP contribution >= 0.6 is 33.9 Å². The van der Waals surface area contributed by atoms with Gasteiger partial charge in [0.2, 0.25) is 0 Å². The fourth-order valence-corrected chi connectivity index (χ4v) is 2.74. The van der Waals surface area contributed by atoms with Crippen LogP contribution in [0.4, 0.5) is 5.00 Å². The van der Waals surface area contributed by atoms with E-state index < -0.39 is 5.91 Å². The molecule has 2 amide bonds. The molecule has 0 aliphatic rings. The van der Waals surface area contributed by atoms with E-state index in [2.05, 4.69) is 27.9 Å². The van der Waals surface area contributed by atoms with Crippen molar-refractivity contribution in [1.82, 2.24) is 0 Å². The van der Waals surface area contributed by atoms with Gasteiger partial charge in [-0.25, -0.2) is 0 Å². The molecule has 0 radical (unpaired) electrons. The molecule has 0 aliphatic heterocycles. The monoisotopic (exact) mass is 372 g/mol. The lowest BCUT2D eigenvalue weighted by molar-refractivity contribution is 0.100. The third-order valence-corrected chi connectivity index (χ3v) is 3.75. The summed E-state index contributed by atoms with van der Waals surface area (Å²) in [5, 5.41) is 4.88. The first kappa shape index (κ1) is 13.0. The van der Waals surface area contributed by atoms with Crippen molar-refractivity contribution in [2.45, 2.75) is 0 Å². The van der Waals surface area contributed by atoms with Crippen LogP contribution < -0.4 is 11.1 Å². The van der Waals surface area contributed by atoms with E-state index in [1.807, 2.05) is 6.07 Å². The van der Waals surface area contributed by atoms with Crippen molar-refractivity contribution >= 4 is 50.7 Å². The topological polar surface area (TPSA) is 72.2 Å². The quantitative estimate of drug-likeness (QED) is 0.814. The number of benzene rings is 1. The van der Waals surface area contributed by atoms with Crippen molar-refractivity contribution in [2.24, 2.45) is 5.73 Å². The van der Waals surface area contributed by atoms with Crippen LogP contribution in [0.5, 0.6) is 0 Å². The Morgan fingerprint density at radius 2 is 2.06 bits per heavy atom. The second-order valence-electron chi connectivity index (χ2n) is 3.49. The molecule has 0 saturated carbocycles. The predicted molar refractivity (Wildman–Crippen MR) is 79.9 cm³/mol. The van der Waals surface area contributed by atoms with E-state index in [1.165, 1.54) is 11.3 Å². The summed E-state index contributed by atoms with van der Waals surface area (Å²) in [6.45, 7) is 0. The number of carbonyl (C=O) groups is 2. The predicted octanol–water partition coefficient (Wildman–Crippen LogP) is 2.70. The Morgan fingerprint density at radius 1 is 1.28 bits per heavy atom.